The first-order chi connectivity index (χ1) is 25.6. The number of hydrogen-bond acceptors (Lipinski definition) is 6. The summed E-state index contributed by atoms with van der Waals surface area (Å²) in [4.78, 5) is 9.01. The van der Waals surface area contributed by atoms with Gasteiger partial charge >= 0.3 is 7.12 Å². The van der Waals surface area contributed by atoms with E-state index in [9.17, 15) is 0 Å². The van der Waals surface area contributed by atoms with Crippen molar-refractivity contribution >= 4 is 57.2 Å². The first-order valence-electron chi connectivity index (χ1n) is 21.4. The SMILES string of the molecule is CCCCCCc1ccsc1-c1cc(CCCCCC)c(-c2sc(-c3sc(B4OC(C)(C)C(C)(C)O4)cc3CCCCCC)cc2CCCCCC)s1. The molecular formula is C46H69BO2S4. The zero-order chi connectivity index (χ0) is 37.8. The lowest BCUT2D eigenvalue weighted by Crippen LogP contribution is -2.41. The molecule has 1 fully saturated rings. The van der Waals surface area contributed by atoms with E-state index in [1.165, 1.54) is 145 Å². The molecule has 5 rings (SSSR count). The maximum Gasteiger partial charge on any atom is 0.505 e. The van der Waals surface area contributed by atoms with Gasteiger partial charge in [-0.3, -0.25) is 0 Å². The van der Waals surface area contributed by atoms with Crippen molar-refractivity contribution in [3.63, 3.8) is 0 Å². The Morgan fingerprint density at radius 2 is 0.887 bits per heavy atom. The normalized spacial score (nSPS) is 15.3. The Balaban J connectivity index is 1.56. The molecule has 0 radical (unpaired) electrons. The Labute approximate surface area is 340 Å². The topological polar surface area (TPSA) is 18.5 Å². The van der Waals surface area contributed by atoms with Gasteiger partial charge in [0.05, 0.1) is 11.2 Å². The number of thiophene rings is 4. The lowest BCUT2D eigenvalue weighted by Gasteiger charge is -2.32. The number of hydrogen-bond donors (Lipinski definition) is 0. The summed E-state index contributed by atoms with van der Waals surface area (Å²) in [5.74, 6) is 0. The summed E-state index contributed by atoms with van der Waals surface area (Å²) in [6, 6.07) is 10.1. The largest absolute Gasteiger partial charge is 0.505 e. The number of rotatable bonds is 24. The first-order valence-corrected chi connectivity index (χ1v) is 24.8. The van der Waals surface area contributed by atoms with Crippen LogP contribution in [0.4, 0.5) is 0 Å². The molecule has 0 amide bonds. The van der Waals surface area contributed by atoms with Crippen molar-refractivity contribution < 1.29 is 9.31 Å². The van der Waals surface area contributed by atoms with Crippen LogP contribution in [0.2, 0.25) is 0 Å². The molecule has 0 aliphatic carbocycles. The highest BCUT2D eigenvalue weighted by atomic mass is 32.1. The minimum absolute atomic E-state index is 0.308. The van der Waals surface area contributed by atoms with E-state index in [1.54, 1.807) is 26.4 Å². The van der Waals surface area contributed by atoms with Crippen LogP contribution in [0.1, 0.15) is 180 Å². The molecule has 292 valence electrons. The van der Waals surface area contributed by atoms with Crippen molar-refractivity contribution in [2.24, 2.45) is 0 Å². The summed E-state index contributed by atoms with van der Waals surface area (Å²) in [6.45, 7) is 18.0. The van der Waals surface area contributed by atoms with E-state index in [0.29, 0.717) is 0 Å². The fourth-order valence-corrected chi connectivity index (χ4v) is 12.5. The lowest BCUT2D eigenvalue weighted by atomic mass is 9.87. The van der Waals surface area contributed by atoms with Crippen LogP contribution in [0.25, 0.3) is 29.3 Å². The van der Waals surface area contributed by atoms with Gasteiger partial charge in [-0.2, -0.15) is 0 Å². The number of unbranched alkanes of at least 4 members (excludes halogenated alkanes) is 12. The molecular weight excluding hydrogens is 724 g/mol. The Morgan fingerprint density at radius 3 is 1.34 bits per heavy atom. The van der Waals surface area contributed by atoms with Crippen molar-refractivity contribution in [2.45, 2.75) is 195 Å². The standard InChI is InChI=1S/C46H69BO2S4/c1-9-13-17-21-25-34-29-30-50-41(34)38-31-35(26-22-18-14-10-2)43(51-38)44-36(27-23-19-15-11-3)32-39(52-44)42-37(28-24-20-16-12-4)33-40(53-42)47-48-45(5,6)46(7,8)49-47/h29-33H,9-28H2,1-8H3. The third-order valence-corrected chi connectivity index (χ3v) is 16.6. The second-order valence-corrected chi connectivity index (χ2v) is 20.6. The van der Waals surface area contributed by atoms with Gasteiger partial charge in [0.25, 0.3) is 0 Å². The molecule has 0 bridgehead atoms. The van der Waals surface area contributed by atoms with Crippen LogP contribution in [0.5, 0.6) is 0 Å². The average Bonchev–Trinajstić information content (AvgIpc) is 3.96. The summed E-state index contributed by atoms with van der Waals surface area (Å²) in [5, 5.41) is 2.34. The molecule has 0 unspecified atom stereocenters. The molecule has 1 saturated heterocycles. The molecule has 0 aromatic carbocycles. The summed E-state index contributed by atoms with van der Waals surface area (Å²) in [6.07, 6.45) is 25.4. The van der Waals surface area contributed by atoms with Crippen molar-refractivity contribution in [2.75, 3.05) is 0 Å². The van der Waals surface area contributed by atoms with Crippen molar-refractivity contribution in [1.82, 2.24) is 0 Å². The average molecular weight is 793 g/mol. The summed E-state index contributed by atoms with van der Waals surface area (Å²) < 4.78 is 14.5. The molecule has 0 spiro atoms. The van der Waals surface area contributed by atoms with Gasteiger partial charge in [0, 0.05) is 34.0 Å². The monoisotopic (exact) mass is 792 g/mol. The van der Waals surface area contributed by atoms with E-state index in [4.69, 9.17) is 9.31 Å². The van der Waals surface area contributed by atoms with E-state index in [0.717, 1.165) is 12.8 Å². The Hall–Kier alpha value is -1.22. The van der Waals surface area contributed by atoms with Crippen molar-refractivity contribution in [3.8, 4) is 29.3 Å². The first kappa shape index (κ1) is 42.9. The Bertz CT molecular complexity index is 1650. The smallest absolute Gasteiger partial charge is 0.399 e. The Kier molecular flexibility index (Phi) is 16.8. The van der Waals surface area contributed by atoms with Crippen LogP contribution >= 0.6 is 45.3 Å². The minimum Gasteiger partial charge on any atom is -0.399 e. The van der Waals surface area contributed by atoms with Crippen molar-refractivity contribution in [1.29, 1.82) is 0 Å². The van der Waals surface area contributed by atoms with Crippen molar-refractivity contribution in [3.05, 3.63) is 51.9 Å². The van der Waals surface area contributed by atoms with Gasteiger partial charge in [-0.1, -0.05) is 105 Å². The highest BCUT2D eigenvalue weighted by molar-refractivity contribution is 7.30. The molecule has 5 heterocycles. The van der Waals surface area contributed by atoms with Gasteiger partial charge in [-0.05, 0) is 131 Å². The predicted octanol–water partition coefficient (Wildman–Crippen LogP) is 15.7. The number of aryl methyl sites for hydroxylation is 4. The minimum atomic E-state index is -0.340. The molecule has 7 heteroatoms. The highest BCUT2D eigenvalue weighted by Crippen LogP contribution is 2.49. The van der Waals surface area contributed by atoms with Crippen LogP contribution in [0, 0.1) is 0 Å². The molecule has 1 aliphatic heterocycles. The molecule has 0 saturated carbocycles. The van der Waals surface area contributed by atoms with Crippen LogP contribution in [0.15, 0.2) is 29.6 Å². The van der Waals surface area contributed by atoms with Gasteiger partial charge in [-0.15, -0.1) is 45.3 Å². The lowest BCUT2D eigenvalue weighted by molar-refractivity contribution is 0.00578. The van der Waals surface area contributed by atoms with E-state index >= 15 is 0 Å². The van der Waals surface area contributed by atoms with Crippen LogP contribution in [0.3, 0.4) is 0 Å². The third kappa shape index (κ3) is 11.2. The van der Waals surface area contributed by atoms with Crippen LogP contribution in [-0.4, -0.2) is 18.3 Å². The quantitative estimate of drug-likeness (QED) is 0.0520. The van der Waals surface area contributed by atoms with Gasteiger partial charge in [-0.25, -0.2) is 0 Å². The summed E-state index contributed by atoms with van der Waals surface area (Å²) in [5.41, 5.74) is 5.51. The van der Waals surface area contributed by atoms with Gasteiger partial charge in [0.1, 0.15) is 0 Å². The molecule has 53 heavy (non-hydrogen) atoms. The summed E-state index contributed by atoms with van der Waals surface area (Å²) in [7, 11) is -0.308. The fraction of sp³-hybridized carbons (Fsp3) is 0.652. The molecule has 2 nitrogen and oxygen atoms in total. The molecule has 4 aromatic rings. The fourth-order valence-electron chi connectivity index (χ4n) is 7.47. The van der Waals surface area contributed by atoms with Gasteiger partial charge in [0.2, 0.25) is 0 Å². The highest BCUT2D eigenvalue weighted by Gasteiger charge is 2.52. The molecule has 0 atom stereocenters. The molecule has 1 aliphatic rings. The zero-order valence-electron chi connectivity index (χ0n) is 34.6. The maximum absolute atomic E-state index is 6.62. The van der Waals surface area contributed by atoms with E-state index in [2.05, 4.69) is 108 Å². The van der Waals surface area contributed by atoms with E-state index in [1.807, 2.05) is 22.7 Å². The van der Waals surface area contributed by atoms with E-state index in [-0.39, 0.29) is 18.3 Å². The zero-order valence-corrected chi connectivity index (χ0v) is 37.8. The van der Waals surface area contributed by atoms with Gasteiger partial charge in [0.15, 0.2) is 0 Å². The van der Waals surface area contributed by atoms with Crippen LogP contribution < -0.4 is 4.78 Å². The predicted molar refractivity (Wildman–Crippen MR) is 241 cm³/mol. The maximum atomic E-state index is 6.62. The molecule has 4 aromatic heterocycles. The Morgan fingerprint density at radius 1 is 0.472 bits per heavy atom. The van der Waals surface area contributed by atoms with Gasteiger partial charge < -0.3 is 9.31 Å². The second kappa shape index (κ2) is 20.8. The summed E-state index contributed by atoms with van der Waals surface area (Å²) >= 11 is 8.06. The van der Waals surface area contributed by atoms with Crippen LogP contribution in [-0.2, 0) is 35.0 Å². The second-order valence-electron chi connectivity index (χ2n) is 16.5. The molecule has 0 N–H and O–H groups in total. The van der Waals surface area contributed by atoms with E-state index < -0.39 is 0 Å². The third-order valence-electron chi connectivity index (χ3n) is 11.5.